The summed E-state index contributed by atoms with van der Waals surface area (Å²) in [6.45, 7) is 0. The fourth-order valence-corrected chi connectivity index (χ4v) is 2.84. The molecule has 0 aliphatic carbocycles. The van der Waals surface area contributed by atoms with E-state index in [9.17, 15) is 8.78 Å². The number of benzene rings is 3. The fourth-order valence-electron chi connectivity index (χ4n) is 2.33. The Morgan fingerprint density at radius 2 is 1.15 bits per heavy atom. The van der Waals surface area contributed by atoms with E-state index in [0.717, 1.165) is 23.3 Å². The maximum Gasteiger partial charge on any atom is 0.164 e. The van der Waals surface area contributed by atoms with E-state index in [1.807, 2.05) is 24.3 Å². The molecule has 3 aromatic rings. The van der Waals surface area contributed by atoms with Gasteiger partial charge in [0.15, 0.2) is 10.3 Å². The standard InChI is InChI=1S/C20H11Cl3F2N2/c21-15-10-8-13(9-11-15)12-4-6-14(7-5-12)19(22)26-27-20(23)18-16(24)2-1-3-17(18)25/h1-11H. The van der Waals surface area contributed by atoms with E-state index in [0.29, 0.717) is 10.6 Å². The summed E-state index contributed by atoms with van der Waals surface area (Å²) in [5.74, 6) is -1.66. The van der Waals surface area contributed by atoms with Crippen LogP contribution >= 0.6 is 34.8 Å². The topological polar surface area (TPSA) is 24.7 Å². The molecule has 0 bridgehead atoms. The number of hydrogen-bond donors (Lipinski definition) is 0. The van der Waals surface area contributed by atoms with E-state index in [-0.39, 0.29) is 5.17 Å². The van der Waals surface area contributed by atoms with Gasteiger partial charge in [0.1, 0.15) is 11.6 Å². The van der Waals surface area contributed by atoms with Crippen molar-refractivity contribution in [3.8, 4) is 11.1 Å². The Labute approximate surface area is 169 Å². The Morgan fingerprint density at radius 1 is 0.667 bits per heavy atom. The molecule has 0 unspecified atom stereocenters. The monoisotopic (exact) mass is 422 g/mol. The Bertz CT molecular complexity index is 994. The molecule has 0 saturated carbocycles. The van der Waals surface area contributed by atoms with Gasteiger partial charge in [0.25, 0.3) is 0 Å². The molecule has 7 heteroatoms. The van der Waals surface area contributed by atoms with Gasteiger partial charge in [0, 0.05) is 10.6 Å². The van der Waals surface area contributed by atoms with Crippen molar-refractivity contribution in [2.75, 3.05) is 0 Å². The molecule has 0 saturated heterocycles. The normalized spacial score (nSPS) is 12.3. The van der Waals surface area contributed by atoms with Crippen LogP contribution < -0.4 is 0 Å². The SMILES string of the molecule is Fc1cccc(F)c1C(Cl)=NN=C(Cl)c1ccc(-c2ccc(Cl)cc2)cc1. The van der Waals surface area contributed by atoms with E-state index in [1.54, 1.807) is 24.3 Å². The zero-order valence-electron chi connectivity index (χ0n) is 13.6. The quantitative estimate of drug-likeness (QED) is 0.323. The molecule has 0 fully saturated rings. The minimum absolute atomic E-state index is 0.0348. The number of hydrogen-bond acceptors (Lipinski definition) is 2. The lowest BCUT2D eigenvalue weighted by atomic mass is 10.0. The van der Waals surface area contributed by atoms with Gasteiger partial charge in [-0.25, -0.2) is 8.78 Å². The second kappa shape index (κ2) is 8.61. The summed E-state index contributed by atoms with van der Waals surface area (Å²) in [6, 6.07) is 18.0. The zero-order valence-corrected chi connectivity index (χ0v) is 15.9. The highest BCUT2D eigenvalue weighted by Crippen LogP contribution is 2.22. The minimum atomic E-state index is -0.831. The molecule has 0 spiro atoms. The average Bonchev–Trinajstić information content (AvgIpc) is 2.67. The van der Waals surface area contributed by atoms with Crippen LogP contribution in [0.3, 0.4) is 0 Å². The van der Waals surface area contributed by atoms with Gasteiger partial charge in [-0.2, -0.15) is 0 Å². The molecule has 0 amide bonds. The molecule has 2 nitrogen and oxygen atoms in total. The van der Waals surface area contributed by atoms with Crippen LogP contribution in [0, 0.1) is 11.6 Å². The third-order valence-corrected chi connectivity index (χ3v) is 4.51. The molecule has 136 valence electrons. The van der Waals surface area contributed by atoms with E-state index >= 15 is 0 Å². The summed E-state index contributed by atoms with van der Waals surface area (Å²) in [5.41, 5.74) is 2.09. The molecule has 3 rings (SSSR count). The Balaban J connectivity index is 1.83. The van der Waals surface area contributed by atoms with Crippen molar-refractivity contribution in [1.29, 1.82) is 0 Å². The van der Waals surface area contributed by atoms with Gasteiger partial charge in [0.05, 0.1) is 5.56 Å². The van der Waals surface area contributed by atoms with Gasteiger partial charge in [0.2, 0.25) is 0 Å². The smallest absolute Gasteiger partial charge is 0.164 e. The third-order valence-electron chi connectivity index (χ3n) is 3.70. The zero-order chi connectivity index (χ0) is 19.4. The predicted molar refractivity (Wildman–Crippen MR) is 108 cm³/mol. The lowest BCUT2D eigenvalue weighted by molar-refractivity contribution is 0.579. The molecule has 3 aromatic carbocycles. The molecule has 0 N–H and O–H groups in total. The number of halogens is 5. The van der Waals surface area contributed by atoms with E-state index in [2.05, 4.69) is 10.2 Å². The van der Waals surface area contributed by atoms with Crippen molar-refractivity contribution in [3.05, 3.63) is 94.5 Å². The molecule has 0 heterocycles. The molecular weight excluding hydrogens is 413 g/mol. The summed E-state index contributed by atoms with van der Waals surface area (Å²) < 4.78 is 27.4. The summed E-state index contributed by atoms with van der Waals surface area (Å²) in [7, 11) is 0. The largest absolute Gasteiger partial charge is 0.206 e. The molecule has 27 heavy (non-hydrogen) atoms. The molecule has 0 atom stereocenters. The van der Waals surface area contributed by atoms with Crippen molar-refractivity contribution in [2.24, 2.45) is 10.2 Å². The van der Waals surface area contributed by atoms with Crippen molar-refractivity contribution >= 4 is 45.1 Å². The predicted octanol–water partition coefficient (Wildman–Crippen LogP) is 6.87. The van der Waals surface area contributed by atoms with Crippen LogP contribution in [0.4, 0.5) is 8.78 Å². The van der Waals surface area contributed by atoms with Gasteiger partial charge >= 0.3 is 0 Å². The first-order valence-corrected chi connectivity index (χ1v) is 8.86. The lowest BCUT2D eigenvalue weighted by Crippen LogP contribution is -2.00. The van der Waals surface area contributed by atoms with Crippen LogP contribution in [0.25, 0.3) is 11.1 Å². The first-order chi connectivity index (χ1) is 13.0. The maximum atomic E-state index is 13.7. The Kier molecular flexibility index (Phi) is 6.22. The fraction of sp³-hybridized carbons (Fsp3) is 0. The molecule has 0 radical (unpaired) electrons. The van der Waals surface area contributed by atoms with Crippen LogP contribution in [-0.2, 0) is 0 Å². The van der Waals surface area contributed by atoms with Crippen molar-refractivity contribution in [1.82, 2.24) is 0 Å². The van der Waals surface area contributed by atoms with Crippen LogP contribution in [-0.4, -0.2) is 10.3 Å². The van der Waals surface area contributed by atoms with Crippen LogP contribution in [0.2, 0.25) is 5.02 Å². The van der Waals surface area contributed by atoms with Crippen molar-refractivity contribution in [2.45, 2.75) is 0 Å². The van der Waals surface area contributed by atoms with Crippen LogP contribution in [0.15, 0.2) is 76.9 Å². The lowest BCUT2D eigenvalue weighted by Gasteiger charge is -2.04. The van der Waals surface area contributed by atoms with E-state index < -0.39 is 22.4 Å². The Hall–Kier alpha value is -2.27. The highest BCUT2D eigenvalue weighted by molar-refractivity contribution is 6.71. The highest BCUT2D eigenvalue weighted by atomic mass is 35.5. The second-order valence-corrected chi connectivity index (χ2v) is 6.61. The average molecular weight is 424 g/mol. The maximum absolute atomic E-state index is 13.7. The molecular formula is C20H11Cl3F2N2. The number of rotatable bonds is 4. The van der Waals surface area contributed by atoms with Crippen LogP contribution in [0.1, 0.15) is 11.1 Å². The molecule has 0 aliphatic heterocycles. The van der Waals surface area contributed by atoms with Crippen molar-refractivity contribution in [3.63, 3.8) is 0 Å². The summed E-state index contributed by atoms with van der Waals surface area (Å²) >= 11 is 17.9. The van der Waals surface area contributed by atoms with Gasteiger partial charge in [-0.05, 0) is 35.4 Å². The van der Waals surface area contributed by atoms with E-state index in [1.165, 1.54) is 6.07 Å². The summed E-state index contributed by atoms with van der Waals surface area (Å²) in [5, 5.41) is 7.64. The first kappa shape index (κ1) is 19.5. The van der Waals surface area contributed by atoms with E-state index in [4.69, 9.17) is 34.8 Å². The van der Waals surface area contributed by atoms with Gasteiger partial charge < -0.3 is 0 Å². The minimum Gasteiger partial charge on any atom is -0.206 e. The van der Waals surface area contributed by atoms with Gasteiger partial charge in [-0.1, -0.05) is 77.3 Å². The number of nitrogens with zero attached hydrogens (tertiary/aromatic N) is 2. The summed E-state index contributed by atoms with van der Waals surface area (Å²) in [4.78, 5) is 0. The van der Waals surface area contributed by atoms with Gasteiger partial charge in [-0.15, -0.1) is 10.2 Å². The second-order valence-electron chi connectivity index (χ2n) is 5.46. The van der Waals surface area contributed by atoms with Crippen molar-refractivity contribution < 1.29 is 8.78 Å². The molecule has 0 aliphatic rings. The van der Waals surface area contributed by atoms with Gasteiger partial charge in [-0.3, -0.25) is 0 Å². The Morgan fingerprint density at radius 3 is 1.70 bits per heavy atom. The highest BCUT2D eigenvalue weighted by Gasteiger charge is 2.13. The third kappa shape index (κ3) is 4.72. The van der Waals surface area contributed by atoms with Crippen LogP contribution in [0.5, 0.6) is 0 Å². The first-order valence-electron chi connectivity index (χ1n) is 7.73. The molecule has 0 aromatic heterocycles. The summed E-state index contributed by atoms with van der Waals surface area (Å²) in [6.07, 6.45) is 0.